The summed E-state index contributed by atoms with van der Waals surface area (Å²) in [6.07, 6.45) is 3.11. The molecule has 0 saturated carbocycles. The van der Waals surface area contributed by atoms with E-state index in [0.717, 1.165) is 11.0 Å². The topological polar surface area (TPSA) is 105 Å². The van der Waals surface area contributed by atoms with Crippen molar-refractivity contribution in [3.63, 3.8) is 0 Å². The maximum absolute atomic E-state index is 12.5. The first-order chi connectivity index (χ1) is 14.4. The van der Waals surface area contributed by atoms with Crippen LogP contribution < -0.4 is 10.1 Å². The second-order valence-electron chi connectivity index (χ2n) is 6.38. The molecule has 7 nitrogen and oxygen atoms in total. The molecule has 2 aromatic rings. The van der Waals surface area contributed by atoms with Crippen molar-refractivity contribution >= 4 is 29.5 Å². The Morgan fingerprint density at radius 1 is 1.13 bits per heavy atom. The van der Waals surface area contributed by atoms with E-state index in [9.17, 15) is 9.59 Å². The van der Waals surface area contributed by atoms with E-state index in [4.69, 9.17) is 19.7 Å². The number of amides is 1. The Bertz CT molecular complexity index is 851. The van der Waals surface area contributed by atoms with Crippen LogP contribution in [0.25, 0.3) is 0 Å². The molecule has 2 atom stereocenters. The molecule has 1 amide bonds. The number of aliphatic hydroxyl groups is 1. The lowest BCUT2D eigenvalue weighted by Gasteiger charge is -2.23. The number of carbonyl (C=O) groups excluding carboxylic acids is 1. The number of aliphatic hydroxyl groups excluding tert-OH is 1. The summed E-state index contributed by atoms with van der Waals surface area (Å²) in [7, 11) is 0. The van der Waals surface area contributed by atoms with Gasteiger partial charge < -0.3 is 19.7 Å². The van der Waals surface area contributed by atoms with Gasteiger partial charge in [0.1, 0.15) is 18.5 Å². The van der Waals surface area contributed by atoms with E-state index in [1.54, 1.807) is 55.1 Å². The molecule has 30 heavy (non-hydrogen) atoms. The van der Waals surface area contributed by atoms with Crippen molar-refractivity contribution in [2.75, 3.05) is 24.8 Å². The maximum atomic E-state index is 12.5. The van der Waals surface area contributed by atoms with Crippen LogP contribution in [0.1, 0.15) is 18.6 Å². The normalized spacial score (nSPS) is 12.9. The van der Waals surface area contributed by atoms with Crippen molar-refractivity contribution in [3.05, 3.63) is 66.2 Å². The first-order valence-electron chi connectivity index (χ1n) is 9.29. The number of rotatable bonds is 10. The minimum atomic E-state index is -1.08. The third-order valence-corrected chi connectivity index (χ3v) is 4.90. The largest absolute Gasteiger partial charge is 0.491 e. The molecule has 0 aliphatic rings. The number of nitrogens with one attached hydrogen (secondary N) is 1. The van der Waals surface area contributed by atoms with Gasteiger partial charge in [0.15, 0.2) is 0 Å². The molecular weight excluding hydrogens is 406 g/mol. The average Bonchev–Trinajstić information content (AvgIpc) is 2.75. The molecule has 160 valence electrons. The number of hydrogen-bond donors (Lipinski definition) is 3. The van der Waals surface area contributed by atoms with Crippen molar-refractivity contribution in [1.82, 2.24) is 0 Å². The number of hydrogen-bond acceptors (Lipinski definition) is 6. The van der Waals surface area contributed by atoms with Gasteiger partial charge in [0.2, 0.25) is 0 Å². The van der Waals surface area contributed by atoms with Crippen LogP contribution in [0.4, 0.5) is 10.5 Å². The predicted molar refractivity (Wildman–Crippen MR) is 116 cm³/mol. The third kappa shape index (κ3) is 7.46. The van der Waals surface area contributed by atoms with Crippen LogP contribution in [-0.2, 0) is 9.53 Å². The molecule has 3 N–H and O–H groups in total. The minimum Gasteiger partial charge on any atom is -0.491 e. The minimum absolute atomic E-state index is 0.0946. The zero-order valence-electron chi connectivity index (χ0n) is 16.8. The van der Waals surface area contributed by atoms with E-state index in [2.05, 4.69) is 5.32 Å². The van der Waals surface area contributed by atoms with Gasteiger partial charge in [0.05, 0.1) is 6.61 Å². The van der Waals surface area contributed by atoms with Gasteiger partial charge in [-0.05, 0) is 48.2 Å². The molecule has 0 spiro atoms. The average molecular weight is 432 g/mol. The highest BCUT2D eigenvalue weighted by atomic mass is 32.2. The monoisotopic (exact) mass is 431 g/mol. The molecule has 0 unspecified atom stereocenters. The molecule has 0 aliphatic carbocycles. The molecule has 0 aromatic heterocycles. The van der Waals surface area contributed by atoms with Crippen LogP contribution in [0.2, 0.25) is 0 Å². The zero-order chi connectivity index (χ0) is 21.9. The first kappa shape index (κ1) is 23.3. The standard InChI is InChI=1S/C22H25NO6S/c1-15(3-12-20(25)26)21(16-4-8-18(9-5-16)28-14-13-24)29-22(27)23-17-6-10-19(30-2)11-7-17/h3-12,15,21,24H,13-14H2,1-2H3,(H,23,27)(H,25,26)/b12-3+/t15-,21-/m1/s1. The van der Waals surface area contributed by atoms with Gasteiger partial charge in [0, 0.05) is 22.6 Å². The summed E-state index contributed by atoms with van der Waals surface area (Å²) in [6.45, 7) is 1.85. The lowest BCUT2D eigenvalue weighted by molar-refractivity contribution is -0.131. The fourth-order valence-corrected chi connectivity index (χ4v) is 3.08. The van der Waals surface area contributed by atoms with Gasteiger partial charge >= 0.3 is 12.1 Å². The molecule has 8 heteroatoms. The fourth-order valence-electron chi connectivity index (χ4n) is 2.67. The SMILES string of the molecule is CSc1ccc(NC(=O)O[C@@H](c2ccc(OCCO)cc2)[C@H](C)/C=C/C(=O)O)cc1. The van der Waals surface area contributed by atoms with E-state index in [-0.39, 0.29) is 13.2 Å². The molecular formula is C22H25NO6S. The number of carbonyl (C=O) groups is 2. The summed E-state index contributed by atoms with van der Waals surface area (Å²) >= 11 is 1.60. The van der Waals surface area contributed by atoms with E-state index in [1.807, 2.05) is 18.4 Å². The van der Waals surface area contributed by atoms with Gasteiger partial charge in [-0.15, -0.1) is 11.8 Å². The van der Waals surface area contributed by atoms with E-state index >= 15 is 0 Å². The lowest BCUT2D eigenvalue weighted by atomic mass is 9.96. The van der Waals surface area contributed by atoms with Gasteiger partial charge in [-0.1, -0.05) is 25.1 Å². The quantitative estimate of drug-likeness (QED) is 0.379. The zero-order valence-corrected chi connectivity index (χ0v) is 17.6. The van der Waals surface area contributed by atoms with Crippen molar-refractivity contribution in [2.45, 2.75) is 17.9 Å². The highest BCUT2D eigenvalue weighted by Gasteiger charge is 2.22. The lowest BCUT2D eigenvalue weighted by Crippen LogP contribution is -2.21. The van der Waals surface area contributed by atoms with Gasteiger partial charge in [0.25, 0.3) is 0 Å². The Morgan fingerprint density at radius 2 is 1.80 bits per heavy atom. The molecule has 2 aromatic carbocycles. The third-order valence-electron chi connectivity index (χ3n) is 4.16. The van der Waals surface area contributed by atoms with Crippen LogP contribution in [0, 0.1) is 5.92 Å². The van der Waals surface area contributed by atoms with E-state index < -0.39 is 24.1 Å². The van der Waals surface area contributed by atoms with Gasteiger partial charge in [-0.25, -0.2) is 9.59 Å². The summed E-state index contributed by atoms with van der Waals surface area (Å²) < 4.78 is 11.0. The number of benzene rings is 2. The summed E-state index contributed by atoms with van der Waals surface area (Å²) in [5.74, 6) is -0.903. The van der Waals surface area contributed by atoms with E-state index in [1.165, 1.54) is 6.08 Å². The fraction of sp³-hybridized carbons (Fsp3) is 0.273. The first-order valence-corrected chi connectivity index (χ1v) is 10.5. The molecule has 0 fully saturated rings. The molecule has 0 bridgehead atoms. The number of anilines is 1. The van der Waals surface area contributed by atoms with Crippen LogP contribution in [-0.4, -0.2) is 41.7 Å². The van der Waals surface area contributed by atoms with Gasteiger partial charge in [-0.3, -0.25) is 5.32 Å². The van der Waals surface area contributed by atoms with Crippen molar-refractivity contribution in [2.24, 2.45) is 5.92 Å². The second-order valence-corrected chi connectivity index (χ2v) is 7.26. The second kappa shape index (κ2) is 11.9. The predicted octanol–water partition coefficient (Wildman–Crippen LogP) is 4.35. The Labute approximate surface area is 179 Å². The Hall–Kier alpha value is -2.97. The number of carboxylic acids is 1. The maximum Gasteiger partial charge on any atom is 0.412 e. The molecule has 0 radical (unpaired) electrons. The number of carboxylic acid groups (broad SMARTS) is 1. The highest BCUT2D eigenvalue weighted by Crippen LogP contribution is 2.29. The number of thioether (sulfide) groups is 1. The Morgan fingerprint density at radius 3 is 2.37 bits per heavy atom. The summed E-state index contributed by atoms with van der Waals surface area (Å²) in [4.78, 5) is 24.4. The Kier molecular flexibility index (Phi) is 9.24. The van der Waals surface area contributed by atoms with Crippen LogP contribution in [0.3, 0.4) is 0 Å². The van der Waals surface area contributed by atoms with Crippen LogP contribution in [0.15, 0.2) is 65.6 Å². The van der Waals surface area contributed by atoms with Crippen molar-refractivity contribution in [1.29, 1.82) is 0 Å². The summed E-state index contributed by atoms with van der Waals surface area (Å²) in [5.41, 5.74) is 1.28. The Balaban J connectivity index is 2.15. The highest BCUT2D eigenvalue weighted by molar-refractivity contribution is 7.98. The summed E-state index contributed by atoms with van der Waals surface area (Å²) in [5, 5.41) is 20.4. The molecule has 0 heterocycles. The molecule has 0 aliphatic heterocycles. The number of aliphatic carboxylic acids is 1. The summed E-state index contributed by atoms with van der Waals surface area (Å²) in [6, 6.07) is 14.2. The van der Waals surface area contributed by atoms with Gasteiger partial charge in [-0.2, -0.15) is 0 Å². The van der Waals surface area contributed by atoms with Crippen molar-refractivity contribution < 1.29 is 29.3 Å². The van der Waals surface area contributed by atoms with E-state index in [0.29, 0.717) is 17.0 Å². The van der Waals surface area contributed by atoms with Crippen molar-refractivity contribution in [3.8, 4) is 5.75 Å². The van der Waals surface area contributed by atoms with Crippen LogP contribution in [0.5, 0.6) is 5.75 Å². The smallest absolute Gasteiger partial charge is 0.412 e. The van der Waals surface area contributed by atoms with Crippen LogP contribution >= 0.6 is 11.8 Å². The molecule has 0 saturated heterocycles. The number of ether oxygens (including phenoxy) is 2. The molecule has 2 rings (SSSR count).